The van der Waals surface area contributed by atoms with Gasteiger partial charge in [0.2, 0.25) is 5.78 Å². The van der Waals surface area contributed by atoms with Crippen molar-refractivity contribution in [1.82, 2.24) is 0 Å². The van der Waals surface area contributed by atoms with Gasteiger partial charge in [-0.2, -0.15) is 0 Å². The third-order valence-electron chi connectivity index (χ3n) is 2.59. The van der Waals surface area contributed by atoms with E-state index >= 15 is 0 Å². The van der Waals surface area contributed by atoms with E-state index in [1.807, 2.05) is 0 Å². The molecule has 0 fully saturated rings. The molecule has 2 aromatic carbocycles. The Hall–Kier alpha value is -2.57. The monoisotopic (exact) mass is 314 g/mol. The Balaban J connectivity index is 1.91. The van der Waals surface area contributed by atoms with E-state index in [0.717, 1.165) is 36.4 Å². The molecule has 0 spiro atoms. The quantitative estimate of drug-likeness (QED) is 0.768. The van der Waals surface area contributed by atoms with E-state index in [-0.39, 0.29) is 0 Å². The molecule has 0 aliphatic carbocycles. The summed E-state index contributed by atoms with van der Waals surface area (Å²) < 4.78 is 62.4. The predicted octanol–water partition coefficient (Wildman–Crippen LogP) is 3.27. The second-order valence-electron chi connectivity index (χ2n) is 4.22. The number of benzene rings is 2. The molecule has 2 aromatic rings. The number of ether oxygens (including phenoxy) is 2. The van der Waals surface area contributed by atoms with E-state index < -0.39 is 53.8 Å². The summed E-state index contributed by atoms with van der Waals surface area (Å²) in [7, 11) is 0. The fourth-order valence-corrected chi connectivity index (χ4v) is 1.59. The van der Waals surface area contributed by atoms with Crippen molar-refractivity contribution in [2.45, 2.75) is 0 Å². The molecular formula is C15H10F4O3. The summed E-state index contributed by atoms with van der Waals surface area (Å²) in [6.07, 6.45) is 0. The van der Waals surface area contributed by atoms with Crippen molar-refractivity contribution in [1.29, 1.82) is 0 Å². The molecule has 0 unspecified atom stereocenters. The van der Waals surface area contributed by atoms with Gasteiger partial charge in [0, 0.05) is 0 Å². The number of hydrogen-bond donors (Lipinski definition) is 0. The maximum atomic E-state index is 13.3. The SMILES string of the molecule is O=C(COc1c(F)cccc1F)COc1c(F)cccc1F. The molecule has 0 heterocycles. The van der Waals surface area contributed by atoms with Gasteiger partial charge in [-0.3, -0.25) is 4.79 Å². The van der Waals surface area contributed by atoms with Gasteiger partial charge in [0.25, 0.3) is 0 Å². The van der Waals surface area contributed by atoms with Gasteiger partial charge in [-0.25, -0.2) is 17.6 Å². The molecule has 0 bridgehead atoms. The molecule has 0 aliphatic heterocycles. The third-order valence-corrected chi connectivity index (χ3v) is 2.59. The van der Waals surface area contributed by atoms with E-state index in [2.05, 4.69) is 0 Å². The van der Waals surface area contributed by atoms with Crippen molar-refractivity contribution in [3.63, 3.8) is 0 Å². The zero-order valence-corrected chi connectivity index (χ0v) is 11.1. The molecule has 0 aromatic heterocycles. The van der Waals surface area contributed by atoms with Crippen LogP contribution in [0.1, 0.15) is 0 Å². The second-order valence-corrected chi connectivity index (χ2v) is 4.22. The summed E-state index contributed by atoms with van der Waals surface area (Å²) in [5.41, 5.74) is 0. The first-order valence-corrected chi connectivity index (χ1v) is 6.14. The molecule has 0 radical (unpaired) electrons. The Kier molecular flexibility index (Phi) is 4.98. The predicted molar refractivity (Wildman–Crippen MR) is 68.7 cm³/mol. The molecule has 0 amide bonds. The van der Waals surface area contributed by atoms with Crippen LogP contribution in [0.3, 0.4) is 0 Å². The molecule has 0 atom stereocenters. The summed E-state index contributed by atoms with van der Waals surface area (Å²) in [5, 5.41) is 0. The van der Waals surface area contributed by atoms with E-state index in [9.17, 15) is 22.4 Å². The Bertz CT molecular complexity index is 590. The Labute approximate surface area is 123 Å². The third kappa shape index (κ3) is 3.75. The molecule has 7 heteroatoms. The number of para-hydroxylation sites is 2. The van der Waals surface area contributed by atoms with Crippen molar-refractivity contribution in [2.75, 3.05) is 13.2 Å². The summed E-state index contributed by atoms with van der Waals surface area (Å²) in [6.45, 7) is -1.40. The number of Topliss-reactive ketones (excluding diaryl/α,β-unsaturated/α-hetero) is 1. The van der Waals surface area contributed by atoms with E-state index in [0.29, 0.717) is 0 Å². The topological polar surface area (TPSA) is 35.5 Å². The van der Waals surface area contributed by atoms with Crippen LogP contribution < -0.4 is 9.47 Å². The van der Waals surface area contributed by atoms with Crippen LogP contribution in [0, 0.1) is 23.3 Å². The van der Waals surface area contributed by atoms with Gasteiger partial charge in [0.15, 0.2) is 48.0 Å². The van der Waals surface area contributed by atoms with Crippen LogP contribution in [0.25, 0.3) is 0 Å². The maximum Gasteiger partial charge on any atom is 0.207 e. The minimum Gasteiger partial charge on any atom is -0.480 e. The first-order chi connectivity index (χ1) is 10.5. The maximum absolute atomic E-state index is 13.3. The van der Waals surface area contributed by atoms with Crippen molar-refractivity contribution >= 4 is 5.78 Å². The largest absolute Gasteiger partial charge is 0.480 e. The van der Waals surface area contributed by atoms with Gasteiger partial charge in [-0.15, -0.1) is 0 Å². The zero-order valence-electron chi connectivity index (χ0n) is 11.1. The lowest BCUT2D eigenvalue weighted by molar-refractivity contribution is -0.123. The number of ketones is 1. The van der Waals surface area contributed by atoms with Gasteiger partial charge in [0.1, 0.15) is 0 Å². The molecule has 0 aliphatic rings. The highest BCUT2D eigenvalue weighted by atomic mass is 19.1. The Morgan fingerprint density at radius 1 is 0.727 bits per heavy atom. The summed E-state index contributed by atoms with van der Waals surface area (Å²) >= 11 is 0. The minimum atomic E-state index is -0.964. The number of halogens is 4. The summed E-state index contributed by atoms with van der Waals surface area (Å²) in [6, 6.07) is 6.15. The van der Waals surface area contributed by atoms with E-state index in [4.69, 9.17) is 9.47 Å². The molecular weight excluding hydrogens is 304 g/mol. The highest BCUT2D eigenvalue weighted by molar-refractivity contribution is 5.81. The number of carbonyl (C=O) groups is 1. The second kappa shape index (κ2) is 6.93. The number of rotatable bonds is 6. The lowest BCUT2D eigenvalue weighted by Crippen LogP contribution is -2.20. The number of hydrogen-bond acceptors (Lipinski definition) is 3. The average Bonchev–Trinajstić information content (AvgIpc) is 2.46. The van der Waals surface area contributed by atoms with Gasteiger partial charge in [-0.05, 0) is 24.3 Å². The Morgan fingerprint density at radius 3 is 1.36 bits per heavy atom. The average molecular weight is 314 g/mol. The van der Waals surface area contributed by atoms with Crippen molar-refractivity contribution < 1.29 is 31.8 Å². The molecule has 3 nitrogen and oxygen atoms in total. The Morgan fingerprint density at radius 2 is 1.05 bits per heavy atom. The minimum absolute atomic E-state index is 0.700. The van der Waals surface area contributed by atoms with Crippen LogP contribution in [-0.2, 0) is 4.79 Å². The summed E-state index contributed by atoms with van der Waals surface area (Å²) in [5.74, 6) is -6.00. The van der Waals surface area contributed by atoms with Gasteiger partial charge in [0.05, 0.1) is 0 Å². The molecule has 116 valence electrons. The molecule has 22 heavy (non-hydrogen) atoms. The van der Waals surface area contributed by atoms with Gasteiger partial charge >= 0.3 is 0 Å². The highest BCUT2D eigenvalue weighted by Crippen LogP contribution is 2.22. The highest BCUT2D eigenvalue weighted by Gasteiger charge is 2.14. The first-order valence-electron chi connectivity index (χ1n) is 6.14. The molecule has 2 rings (SSSR count). The van der Waals surface area contributed by atoms with Crippen LogP contribution in [0.2, 0.25) is 0 Å². The van der Waals surface area contributed by atoms with E-state index in [1.54, 1.807) is 0 Å². The van der Waals surface area contributed by atoms with Crippen LogP contribution in [-0.4, -0.2) is 19.0 Å². The van der Waals surface area contributed by atoms with Crippen molar-refractivity contribution in [3.05, 3.63) is 59.7 Å². The van der Waals surface area contributed by atoms with Crippen LogP contribution in [0.4, 0.5) is 17.6 Å². The normalized spacial score (nSPS) is 10.4. The molecule has 0 saturated heterocycles. The van der Waals surface area contributed by atoms with Crippen molar-refractivity contribution in [2.24, 2.45) is 0 Å². The number of carbonyl (C=O) groups excluding carboxylic acids is 1. The molecule has 0 saturated carbocycles. The van der Waals surface area contributed by atoms with Crippen molar-refractivity contribution in [3.8, 4) is 11.5 Å². The van der Waals surface area contributed by atoms with E-state index in [1.165, 1.54) is 0 Å². The molecule has 0 N–H and O–H groups in total. The van der Waals surface area contributed by atoms with Crippen LogP contribution >= 0.6 is 0 Å². The lowest BCUT2D eigenvalue weighted by atomic mass is 10.3. The fraction of sp³-hybridized carbons (Fsp3) is 0.133. The first kappa shape index (κ1) is 15.8. The van der Waals surface area contributed by atoms with Crippen LogP contribution in [0.5, 0.6) is 11.5 Å². The smallest absolute Gasteiger partial charge is 0.207 e. The zero-order chi connectivity index (χ0) is 16.1. The standard InChI is InChI=1S/C15H10F4O3/c16-10-3-1-4-11(17)14(10)21-7-9(20)8-22-15-12(18)5-2-6-13(15)19/h1-6H,7-8H2. The van der Waals surface area contributed by atoms with Gasteiger partial charge in [-0.1, -0.05) is 12.1 Å². The summed E-state index contributed by atoms with van der Waals surface area (Å²) in [4.78, 5) is 11.5. The lowest BCUT2D eigenvalue weighted by Gasteiger charge is -2.09. The van der Waals surface area contributed by atoms with Gasteiger partial charge < -0.3 is 9.47 Å². The van der Waals surface area contributed by atoms with Crippen LogP contribution in [0.15, 0.2) is 36.4 Å². The fourth-order valence-electron chi connectivity index (χ4n) is 1.59.